The Balaban J connectivity index is 1.78. The minimum atomic E-state index is -0.581. The maximum absolute atomic E-state index is 12.0. The van der Waals surface area contributed by atoms with Crippen molar-refractivity contribution in [2.45, 2.75) is 45.3 Å². The highest BCUT2D eigenvalue weighted by Gasteiger charge is 2.33. The summed E-state index contributed by atoms with van der Waals surface area (Å²) < 4.78 is 5.22. The molecule has 124 valence electrons. The van der Waals surface area contributed by atoms with Crippen LogP contribution in [0.15, 0.2) is 24.4 Å². The van der Waals surface area contributed by atoms with Gasteiger partial charge < -0.3 is 19.7 Å². The standard InChI is InChI=1S/C18H24N2O3/c1-11(2)23-18(22)20-8-7-13(16(21)10-20)15-9-19-17-12(3)5-4-6-14(15)17/h4-6,9,11,13,16,19,21H,7-8,10H2,1-3H3. The first kappa shape index (κ1) is 15.9. The van der Waals surface area contributed by atoms with Gasteiger partial charge in [0.15, 0.2) is 0 Å². The molecule has 3 rings (SSSR count). The summed E-state index contributed by atoms with van der Waals surface area (Å²) in [4.78, 5) is 16.9. The molecule has 2 unspecified atom stereocenters. The number of fused-ring (bicyclic) bond motifs is 1. The van der Waals surface area contributed by atoms with Crippen molar-refractivity contribution in [3.8, 4) is 0 Å². The number of carbonyl (C=O) groups is 1. The third kappa shape index (κ3) is 3.06. The van der Waals surface area contributed by atoms with E-state index in [0.717, 1.165) is 22.9 Å². The summed E-state index contributed by atoms with van der Waals surface area (Å²) >= 11 is 0. The van der Waals surface area contributed by atoms with Crippen LogP contribution in [0.4, 0.5) is 4.79 Å². The summed E-state index contributed by atoms with van der Waals surface area (Å²) in [6.07, 6.45) is 1.66. The second-order valence-corrected chi connectivity index (χ2v) is 6.58. The lowest BCUT2D eigenvalue weighted by Gasteiger charge is -2.35. The summed E-state index contributed by atoms with van der Waals surface area (Å²) in [6.45, 7) is 6.65. The van der Waals surface area contributed by atoms with Crippen molar-refractivity contribution < 1.29 is 14.6 Å². The van der Waals surface area contributed by atoms with Crippen molar-refractivity contribution in [2.75, 3.05) is 13.1 Å². The summed E-state index contributed by atoms with van der Waals surface area (Å²) in [5.74, 6) is 0.0358. The molecule has 5 nitrogen and oxygen atoms in total. The van der Waals surface area contributed by atoms with E-state index in [1.54, 1.807) is 4.90 Å². The highest BCUT2D eigenvalue weighted by atomic mass is 16.6. The molecule has 2 heterocycles. The van der Waals surface area contributed by atoms with E-state index < -0.39 is 6.10 Å². The number of aryl methyl sites for hydroxylation is 1. The first-order chi connectivity index (χ1) is 11.0. The molecule has 1 fully saturated rings. The summed E-state index contributed by atoms with van der Waals surface area (Å²) in [5, 5.41) is 11.7. The normalized spacial score (nSPS) is 21.9. The molecular weight excluding hydrogens is 292 g/mol. The van der Waals surface area contributed by atoms with Crippen LogP contribution in [0.1, 0.15) is 37.3 Å². The number of aliphatic hydroxyl groups is 1. The fourth-order valence-electron chi connectivity index (χ4n) is 3.37. The number of aromatic amines is 1. The topological polar surface area (TPSA) is 65.6 Å². The minimum absolute atomic E-state index is 0.0358. The Bertz CT molecular complexity index is 707. The monoisotopic (exact) mass is 316 g/mol. The van der Waals surface area contributed by atoms with Gasteiger partial charge in [-0.15, -0.1) is 0 Å². The molecule has 0 aliphatic carbocycles. The molecule has 5 heteroatoms. The molecule has 2 atom stereocenters. The first-order valence-corrected chi connectivity index (χ1v) is 8.17. The SMILES string of the molecule is Cc1cccc2c(C3CCN(C(=O)OC(C)C)CC3O)c[nH]c12. The maximum Gasteiger partial charge on any atom is 0.410 e. The predicted molar refractivity (Wildman–Crippen MR) is 89.6 cm³/mol. The Hall–Kier alpha value is -2.01. The van der Waals surface area contributed by atoms with Gasteiger partial charge in [-0.2, -0.15) is 0 Å². The van der Waals surface area contributed by atoms with Crippen LogP contribution in [-0.2, 0) is 4.74 Å². The molecule has 1 aliphatic rings. The van der Waals surface area contributed by atoms with Crippen molar-refractivity contribution in [1.82, 2.24) is 9.88 Å². The summed E-state index contributed by atoms with van der Waals surface area (Å²) in [7, 11) is 0. The molecule has 1 aromatic heterocycles. The highest BCUT2D eigenvalue weighted by Crippen LogP contribution is 2.34. The Labute approximate surface area is 136 Å². The quantitative estimate of drug-likeness (QED) is 0.894. The van der Waals surface area contributed by atoms with Gasteiger partial charge in [-0.25, -0.2) is 4.79 Å². The molecule has 0 spiro atoms. The van der Waals surface area contributed by atoms with Crippen LogP contribution < -0.4 is 0 Å². The van der Waals surface area contributed by atoms with Crippen LogP contribution in [0.2, 0.25) is 0 Å². The van der Waals surface area contributed by atoms with Gasteiger partial charge in [0.25, 0.3) is 0 Å². The minimum Gasteiger partial charge on any atom is -0.447 e. The molecule has 23 heavy (non-hydrogen) atoms. The maximum atomic E-state index is 12.0. The molecule has 2 aromatic rings. The van der Waals surface area contributed by atoms with Gasteiger partial charge in [-0.1, -0.05) is 18.2 Å². The number of rotatable bonds is 2. The highest BCUT2D eigenvalue weighted by molar-refractivity contribution is 5.86. The van der Waals surface area contributed by atoms with Crippen molar-refractivity contribution >= 4 is 17.0 Å². The third-order valence-corrected chi connectivity index (χ3v) is 4.53. The van der Waals surface area contributed by atoms with Gasteiger partial charge >= 0.3 is 6.09 Å². The van der Waals surface area contributed by atoms with Crippen molar-refractivity contribution in [1.29, 1.82) is 0 Å². The molecule has 1 aromatic carbocycles. The van der Waals surface area contributed by atoms with E-state index in [0.29, 0.717) is 13.1 Å². The number of likely N-dealkylation sites (tertiary alicyclic amines) is 1. The second-order valence-electron chi connectivity index (χ2n) is 6.58. The number of benzene rings is 1. The summed E-state index contributed by atoms with van der Waals surface area (Å²) in [5.41, 5.74) is 3.45. The lowest BCUT2D eigenvalue weighted by molar-refractivity contribution is 0.0268. The molecule has 0 bridgehead atoms. The van der Waals surface area contributed by atoms with Gasteiger partial charge in [0.1, 0.15) is 0 Å². The lowest BCUT2D eigenvalue weighted by Crippen LogP contribution is -2.46. The number of aliphatic hydroxyl groups excluding tert-OH is 1. The van der Waals surface area contributed by atoms with Gasteiger partial charge in [-0.05, 0) is 38.3 Å². The molecule has 1 saturated heterocycles. The number of H-pyrrole nitrogens is 1. The number of nitrogens with zero attached hydrogens (tertiary/aromatic N) is 1. The van der Waals surface area contributed by atoms with Crippen LogP contribution in [-0.4, -0.2) is 46.4 Å². The third-order valence-electron chi connectivity index (χ3n) is 4.53. The van der Waals surface area contributed by atoms with E-state index >= 15 is 0 Å². The number of ether oxygens (including phenoxy) is 1. The number of piperidine rings is 1. The van der Waals surface area contributed by atoms with Crippen LogP contribution in [0.25, 0.3) is 10.9 Å². The molecule has 1 aliphatic heterocycles. The van der Waals surface area contributed by atoms with Crippen LogP contribution >= 0.6 is 0 Å². The Morgan fingerprint density at radius 3 is 2.91 bits per heavy atom. The van der Waals surface area contributed by atoms with Gasteiger partial charge in [-0.3, -0.25) is 0 Å². The zero-order valence-corrected chi connectivity index (χ0v) is 13.9. The number of β-amino-alcohol motifs (C(OH)–C–C–N with tert-alkyl or cyclic N) is 1. The average molecular weight is 316 g/mol. The van der Waals surface area contributed by atoms with Gasteiger partial charge in [0.05, 0.1) is 18.8 Å². The zero-order chi connectivity index (χ0) is 16.6. The van der Waals surface area contributed by atoms with Gasteiger partial charge in [0.2, 0.25) is 0 Å². The van der Waals surface area contributed by atoms with Crippen LogP contribution in [0, 0.1) is 6.92 Å². The Morgan fingerprint density at radius 2 is 2.22 bits per heavy atom. The second kappa shape index (κ2) is 6.24. The first-order valence-electron chi connectivity index (χ1n) is 8.17. The Kier molecular flexibility index (Phi) is 4.31. The molecule has 0 saturated carbocycles. The van der Waals surface area contributed by atoms with E-state index in [4.69, 9.17) is 4.74 Å². The van der Waals surface area contributed by atoms with Crippen molar-refractivity contribution in [3.63, 3.8) is 0 Å². The van der Waals surface area contributed by atoms with E-state index in [2.05, 4.69) is 24.0 Å². The lowest BCUT2D eigenvalue weighted by atomic mass is 9.87. The number of para-hydroxylation sites is 1. The average Bonchev–Trinajstić information content (AvgIpc) is 2.91. The smallest absolute Gasteiger partial charge is 0.410 e. The van der Waals surface area contributed by atoms with Gasteiger partial charge in [0, 0.05) is 29.6 Å². The molecule has 1 amide bonds. The Morgan fingerprint density at radius 1 is 1.43 bits per heavy atom. The number of hydrogen-bond acceptors (Lipinski definition) is 3. The fourth-order valence-corrected chi connectivity index (χ4v) is 3.37. The van der Waals surface area contributed by atoms with Crippen molar-refractivity contribution in [2.24, 2.45) is 0 Å². The number of carbonyl (C=O) groups excluding carboxylic acids is 1. The summed E-state index contributed by atoms with van der Waals surface area (Å²) in [6, 6.07) is 6.19. The fraction of sp³-hybridized carbons (Fsp3) is 0.500. The predicted octanol–water partition coefficient (Wildman–Crippen LogP) is 3.17. The van der Waals surface area contributed by atoms with Crippen LogP contribution in [0.3, 0.4) is 0 Å². The number of hydrogen-bond donors (Lipinski definition) is 2. The number of amides is 1. The number of nitrogens with one attached hydrogen (secondary N) is 1. The molecule has 0 radical (unpaired) electrons. The molecule has 2 N–H and O–H groups in total. The van der Waals surface area contributed by atoms with E-state index in [-0.39, 0.29) is 18.1 Å². The van der Waals surface area contributed by atoms with E-state index in [9.17, 15) is 9.90 Å². The number of aromatic nitrogens is 1. The van der Waals surface area contributed by atoms with Crippen LogP contribution in [0.5, 0.6) is 0 Å². The zero-order valence-electron chi connectivity index (χ0n) is 13.9. The van der Waals surface area contributed by atoms with Crippen molar-refractivity contribution in [3.05, 3.63) is 35.5 Å². The molecular formula is C18H24N2O3. The largest absolute Gasteiger partial charge is 0.447 e. The van der Waals surface area contributed by atoms with E-state index in [1.165, 1.54) is 5.56 Å². The van der Waals surface area contributed by atoms with E-state index in [1.807, 2.05) is 26.1 Å².